The summed E-state index contributed by atoms with van der Waals surface area (Å²) in [5.74, 6) is 0.0962. The number of hydrogen-bond acceptors (Lipinski definition) is 3. The highest BCUT2D eigenvalue weighted by Crippen LogP contribution is 2.33. The Morgan fingerprint density at radius 2 is 1.90 bits per heavy atom. The molecule has 2 aliphatic rings. The van der Waals surface area contributed by atoms with Crippen molar-refractivity contribution in [2.45, 2.75) is 64.8 Å². The molecule has 1 amide bonds. The molecule has 0 aromatic heterocycles. The summed E-state index contributed by atoms with van der Waals surface area (Å²) in [6.45, 7) is 7.92. The molecule has 4 nitrogen and oxygen atoms in total. The van der Waals surface area contributed by atoms with Crippen molar-refractivity contribution in [1.29, 1.82) is 5.26 Å². The van der Waals surface area contributed by atoms with Gasteiger partial charge in [-0.3, -0.25) is 9.69 Å². The molecule has 21 heavy (non-hydrogen) atoms. The number of nitriles is 1. The minimum atomic E-state index is -0.777. The third-order valence-electron chi connectivity index (χ3n) is 5.10. The number of fused-ring (bicyclic) bond motifs is 1. The van der Waals surface area contributed by atoms with E-state index in [4.69, 9.17) is 0 Å². The SMILES string of the molecule is CCCC(C#N)(CCC)C(=O)N1CCN2CCCCC2C1. The Hall–Kier alpha value is -1.08. The van der Waals surface area contributed by atoms with Gasteiger partial charge in [-0.1, -0.05) is 33.1 Å². The van der Waals surface area contributed by atoms with Gasteiger partial charge in [0.25, 0.3) is 0 Å². The quantitative estimate of drug-likeness (QED) is 0.782. The third kappa shape index (κ3) is 3.40. The average Bonchev–Trinajstić information content (AvgIpc) is 2.53. The smallest absolute Gasteiger partial charge is 0.243 e. The van der Waals surface area contributed by atoms with E-state index in [2.05, 4.69) is 24.8 Å². The van der Waals surface area contributed by atoms with E-state index in [9.17, 15) is 10.1 Å². The van der Waals surface area contributed by atoms with E-state index in [0.717, 1.165) is 32.5 Å². The minimum Gasteiger partial charge on any atom is -0.338 e. The highest BCUT2D eigenvalue weighted by Gasteiger charge is 2.42. The van der Waals surface area contributed by atoms with Crippen molar-refractivity contribution >= 4 is 5.91 Å². The van der Waals surface area contributed by atoms with E-state index in [1.165, 1.54) is 25.8 Å². The number of carbonyl (C=O) groups is 1. The Balaban J connectivity index is 2.08. The highest BCUT2D eigenvalue weighted by molar-refractivity contribution is 5.85. The summed E-state index contributed by atoms with van der Waals surface area (Å²) >= 11 is 0. The summed E-state index contributed by atoms with van der Waals surface area (Å²) in [6.07, 6.45) is 6.94. The van der Waals surface area contributed by atoms with Gasteiger partial charge in [-0.2, -0.15) is 5.26 Å². The van der Waals surface area contributed by atoms with Crippen LogP contribution in [0.5, 0.6) is 0 Å². The third-order valence-corrected chi connectivity index (χ3v) is 5.10. The van der Waals surface area contributed by atoms with E-state index < -0.39 is 5.41 Å². The molecule has 2 rings (SSSR count). The molecule has 0 aromatic carbocycles. The molecule has 2 heterocycles. The van der Waals surface area contributed by atoms with Gasteiger partial charge in [0.15, 0.2) is 0 Å². The molecule has 0 aliphatic carbocycles. The topological polar surface area (TPSA) is 47.3 Å². The van der Waals surface area contributed by atoms with E-state index in [1.807, 2.05) is 4.90 Å². The van der Waals surface area contributed by atoms with Crippen LogP contribution in [-0.4, -0.2) is 47.9 Å². The standard InChI is InChI=1S/C17H29N3O/c1-3-8-17(14-18,9-4-2)16(21)20-12-11-19-10-6-5-7-15(19)13-20/h15H,3-13H2,1-2H3. The molecule has 0 bridgehead atoms. The summed E-state index contributed by atoms with van der Waals surface area (Å²) in [4.78, 5) is 17.5. The van der Waals surface area contributed by atoms with Gasteiger partial charge in [-0.15, -0.1) is 0 Å². The molecular weight excluding hydrogens is 262 g/mol. The fraction of sp³-hybridized carbons (Fsp3) is 0.882. The lowest BCUT2D eigenvalue weighted by atomic mass is 9.79. The number of amides is 1. The van der Waals surface area contributed by atoms with E-state index in [0.29, 0.717) is 18.9 Å². The Kier molecular flexibility index (Phi) is 5.64. The van der Waals surface area contributed by atoms with E-state index in [-0.39, 0.29) is 5.91 Å². The average molecular weight is 291 g/mol. The molecule has 118 valence electrons. The molecule has 0 radical (unpaired) electrons. The first kappa shape index (κ1) is 16.3. The number of nitrogens with zero attached hydrogens (tertiary/aromatic N) is 3. The zero-order chi connectivity index (χ0) is 15.3. The molecular formula is C17H29N3O. The van der Waals surface area contributed by atoms with Crippen LogP contribution >= 0.6 is 0 Å². The predicted molar refractivity (Wildman–Crippen MR) is 83.7 cm³/mol. The van der Waals surface area contributed by atoms with E-state index in [1.54, 1.807) is 0 Å². The number of rotatable bonds is 5. The van der Waals surface area contributed by atoms with Crippen LogP contribution in [0.2, 0.25) is 0 Å². The maximum absolute atomic E-state index is 13.0. The highest BCUT2D eigenvalue weighted by atomic mass is 16.2. The van der Waals surface area contributed by atoms with Crippen LogP contribution < -0.4 is 0 Å². The first-order valence-electron chi connectivity index (χ1n) is 8.61. The number of carbonyl (C=O) groups excluding carboxylic acids is 1. The monoisotopic (exact) mass is 291 g/mol. The van der Waals surface area contributed by atoms with Crippen molar-refractivity contribution in [2.24, 2.45) is 5.41 Å². The minimum absolute atomic E-state index is 0.0962. The Labute approximate surface area is 129 Å². The van der Waals surface area contributed by atoms with Crippen molar-refractivity contribution in [1.82, 2.24) is 9.80 Å². The molecule has 2 saturated heterocycles. The van der Waals surface area contributed by atoms with Crippen LogP contribution in [0.1, 0.15) is 58.8 Å². The normalized spacial score (nSPS) is 23.5. The van der Waals surface area contributed by atoms with Gasteiger partial charge in [0.05, 0.1) is 6.07 Å². The number of piperazine rings is 1. The lowest BCUT2D eigenvalue weighted by molar-refractivity contribution is -0.143. The Morgan fingerprint density at radius 3 is 2.52 bits per heavy atom. The van der Waals surface area contributed by atoms with Crippen LogP contribution in [0.3, 0.4) is 0 Å². The zero-order valence-corrected chi connectivity index (χ0v) is 13.6. The second-order valence-corrected chi connectivity index (χ2v) is 6.63. The second kappa shape index (κ2) is 7.26. The van der Waals surface area contributed by atoms with Crippen molar-refractivity contribution in [3.05, 3.63) is 0 Å². The zero-order valence-electron chi connectivity index (χ0n) is 13.6. The van der Waals surface area contributed by atoms with Gasteiger partial charge in [0.2, 0.25) is 5.91 Å². The molecule has 0 aromatic rings. The fourth-order valence-electron chi connectivity index (χ4n) is 4.00. The van der Waals surface area contributed by atoms with Gasteiger partial charge in [-0.25, -0.2) is 0 Å². The van der Waals surface area contributed by atoms with Crippen molar-refractivity contribution in [3.63, 3.8) is 0 Å². The predicted octanol–water partition coefficient (Wildman–Crippen LogP) is 2.79. The van der Waals surface area contributed by atoms with Crippen molar-refractivity contribution in [3.8, 4) is 6.07 Å². The summed E-state index contributed by atoms with van der Waals surface area (Å²) in [5, 5.41) is 9.66. The molecule has 2 aliphatic heterocycles. The van der Waals surface area contributed by atoms with Crippen LogP contribution in [0.25, 0.3) is 0 Å². The first-order valence-corrected chi connectivity index (χ1v) is 8.61. The van der Waals surface area contributed by atoms with Gasteiger partial charge in [0, 0.05) is 25.7 Å². The van der Waals surface area contributed by atoms with Crippen LogP contribution in [0.15, 0.2) is 0 Å². The Morgan fingerprint density at radius 1 is 1.19 bits per heavy atom. The molecule has 0 spiro atoms. The summed E-state index contributed by atoms with van der Waals surface area (Å²) in [5.41, 5.74) is -0.777. The number of piperidine rings is 1. The number of hydrogen-bond donors (Lipinski definition) is 0. The van der Waals surface area contributed by atoms with Crippen LogP contribution in [0, 0.1) is 16.7 Å². The van der Waals surface area contributed by atoms with Crippen LogP contribution in [-0.2, 0) is 4.79 Å². The maximum atomic E-state index is 13.0. The fourth-order valence-corrected chi connectivity index (χ4v) is 4.00. The maximum Gasteiger partial charge on any atom is 0.243 e. The van der Waals surface area contributed by atoms with Gasteiger partial charge < -0.3 is 4.90 Å². The molecule has 1 atom stereocenters. The van der Waals surface area contributed by atoms with Crippen LogP contribution in [0.4, 0.5) is 0 Å². The van der Waals surface area contributed by atoms with Crippen molar-refractivity contribution in [2.75, 3.05) is 26.2 Å². The lowest BCUT2D eigenvalue weighted by Crippen LogP contribution is -2.58. The van der Waals surface area contributed by atoms with Gasteiger partial charge in [0.1, 0.15) is 5.41 Å². The van der Waals surface area contributed by atoms with Gasteiger partial charge >= 0.3 is 0 Å². The molecule has 2 fully saturated rings. The van der Waals surface area contributed by atoms with E-state index >= 15 is 0 Å². The molecule has 1 unspecified atom stereocenters. The van der Waals surface area contributed by atoms with Crippen molar-refractivity contribution < 1.29 is 4.79 Å². The summed E-state index contributed by atoms with van der Waals surface area (Å²) in [7, 11) is 0. The lowest BCUT2D eigenvalue weighted by Gasteiger charge is -2.45. The second-order valence-electron chi connectivity index (χ2n) is 6.63. The summed E-state index contributed by atoms with van der Waals surface area (Å²) in [6, 6.07) is 2.91. The first-order chi connectivity index (χ1) is 10.2. The summed E-state index contributed by atoms with van der Waals surface area (Å²) < 4.78 is 0. The van der Waals surface area contributed by atoms with Gasteiger partial charge in [-0.05, 0) is 32.2 Å². The Bertz CT molecular complexity index is 395. The molecule has 4 heteroatoms. The molecule has 0 N–H and O–H groups in total. The largest absolute Gasteiger partial charge is 0.338 e. The molecule has 0 saturated carbocycles.